The highest BCUT2D eigenvalue weighted by atomic mass is 19.1. The van der Waals surface area contributed by atoms with Crippen LogP contribution in [0, 0.1) is 5.82 Å². The number of aromatic amines is 1. The number of hydrogen-bond acceptors (Lipinski definition) is 4. The monoisotopic (exact) mass is 293 g/mol. The third-order valence-corrected chi connectivity index (χ3v) is 2.81. The molecule has 0 aliphatic rings. The highest BCUT2D eigenvalue weighted by Gasteiger charge is 2.18. The molecule has 0 aromatic carbocycles. The second-order valence-corrected chi connectivity index (χ2v) is 4.12. The molecule has 0 saturated heterocycles. The smallest absolute Gasteiger partial charge is 0.252 e. The van der Waals surface area contributed by atoms with Crippen molar-refractivity contribution in [2.45, 2.75) is 19.8 Å². The maximum atomic E-state index is 13.3. The number of hydrogen-bond donors (Lipinski definition) is 2. The molecular formula is C15H20FN3O2. The van der Waals surface area contributed by atoms with Gasteiger partial charge >= 0.3 is 0 Å². The summed E-state index contributed by atoms with van der Waals surface area (Å²) in [5, 5.41) is 0. The predicted molar refractivity (Wildman–Crippen MR) is 80.7 cm³/mol. The van der Waals surface area contributed by atoms with Crippen molar-refractivity contribution in [3.63, 3.8) is 0 Å². The molecule has 114 valence electrons. The molecule has 2 rings (SSSR count). The van der Waals surface area contributed by atoms with Crippen LogP contribution in [0.4, 0.5) is 10.2 Å². The topological polar surface area (TPSA) is 81.0 Å². The van der Waals surface area contributed by atoms with Crippen LogP contribution >= 0.6 is 0 Å². The average molecular weight is 293 g/mol. The molecular weight excluding hydrogens is 273 g/mol. The van der Waals surface area contributed by atoms with Gasteiger partial charge in [0.25, 0.3) is 5.56 Å². The SMILES string of the molecule is CC.COCC(c1ccnc(N)c1)c1cc(F)c[nH]c1=O. The lowest BCUT2D eigenvalue weighted by atomic mass is 9.93. The van der Waals surface area contributed by atoms with Crippen molar-refractivity contribution < 1.29 is 9.13 Å². The lowest BCUT2D eigenvalue weighted by Gasteiger charge is -2.16. The summed E-state index contributed by atoms with van der Waals surface area (Å²) in [6.07, 6.45) is 2.57. The van der Waals surface area contributed by atoms with Crippen LogP contribution in [0.25, 0.3) is 0 Å². The van der Waals surface area contributed by atoms with Gasteiger partial charge in [-0.25, -0.2) is 9.37 Å². The van der Waals surface area contributed by atoms with Gasteiger partial charge in [0.2, 0.25) is 0 Å². The Morgan fingerprint density at radius 2 is 2.14 bits per heavy atom. The van der Waals surface area contributed by atoms with Crippen LogP contribution in [-0.4, -0.2) is 23.7 Å². The third kappa shape index (κ3) is 4.39. The Hall–Kier alpha value is -2.21. The van der Waals surface area contributed by atoms with Crippen molar-refractivity contribution in [3.05, 3.63) is 57.9 Å². The van der Waals surface area contributed by atoms with E-state index in [4.69, 9.17) is 10.5 Å². The maximum Gasteiger partial charge on any atom is 0.252 e. The van der Waals surface area contributed by atoms with Crippen LogP contribution in [0.2, 0.25) is 0 Å². The molecule has 1 unspecified atom stereocenters. The summed E-state index contributed by atoms with van der Waals surface area (Å²) in [7, 11) is 1.52. The normalized spacial score (nSPS) is 11.4. The van der Waals surface area contributed by atoms with Crippen LogP contribution in [0.3, 0.4) is 0 Å². The van der Waals surface area contributed by atoms with E-state index in [1.807, 2.05) is 13.8 Å². The summed E-state index contributed by atoms with van der Waals surface area (Å²) in [6, 6.07) is 4.58. The molecule has 2 aromatic heterocycles. The van der Waals surface area contributed by atoms with Gasteiger partial charge in [0, 0.05) is 31.0 Å². The minimum Gasteiger partial charge on any atom is -0.384 e. The third-order valence-electron chi connectivity index (χ3n) is 2.81. The molecule has 0 aliphatic carbocycles. The first-order valence-corrected chi connectivity index (χ1v) is 6.70. The Kier molecular flexibility index (Phi) is 6.55. The molecule has 0 saturated carbocycles. The quantitative estimate of drug-likeness (QED) is 0.906. The summed E-state index contributed by atoms with van der Waals surface area (Å²) in [5.41, 5.74) is 6.33. The van der Waals surface area contributed by atoms with Gasteiger partial charge in [-0.1, -0.05) is 13.8 Å². The molecule has 0 fully saturated rings. The lowest BCUT2D eigenvalue weighted by Crippen LogP contribution is -2.20. The fourth-order valence-electron chi connectivity index (χ4n) is 1.95. The van der Waals surface area contributed by atoms with E-state index in [-0.39, 0.29) is 12.2 Å². The molecule has 0 bridgehead atoms. The van der Waals surface area contributed by atoms with Crippen LogP contribution in [0.5, 0.6) is 0 Å². The van der Waals surface area contributed by atoms with Gasteiger partial charge < -0.3 is 15.5 Å². The lowest BCUT2D eigenvalue weighted by molar-refractivity contribution is 0.189. The summed E-state index contributed by atoms with van der Waals surface area (Å²) in [6.45, 7) is 4.25. The van der Waals surface area contributed by atoms with E-state index in [0.29, 0.717) is 11.4 Å². The van der Waals surface area contributed by atoms with Crippen molar-refractivity contribution in [3.8, 4) is 0 Å². The predicted octanol–water partition coefficient (Wildman–Crippen LogP) is 2.30. The van der Waals surface area contributed by atoms with E-state index in [1.165, 1.54) is 13.2 Å². The number of methoxy groups -OCH3 is 1. The largest absolute Gasteiger partial charge is 0.384 e. The zero-order valence-corrected chi connectivity index (χ0v) is 12.4. The van der Waals surface area contributed by atoms with Gasteiger partial charge in [0.1, 0.15) is 11.6 Å². The van der Waals surface area contributed by atoms with Gasteiger partial charge in [0.05, 0.1) is 6.61 Å². The van der Waals surface area contributed by atoms with Crippen molar-refractivity contribution >= 4 is 5.82 Å². The van der Waals surface area contributed by atoms with E-state index in [9.17, 15) is 9.18 Å². The zero-order chi connectivity index (χ0) is 15.8. The number of H-pyrrole nitrogens is 1. The van der Waals surface area contributed by atoms with Crippen LogP contribution in [0.1, 0.15) is 30.9 Å². The van der Waals surface area contributed by atoms with Crippen LogP contribution in [-0.2, 0) is 4.74 Å². The van der Waals surface area contributed by atoms with Crippen LogP contribution in [0.15, 0.2) is 35.4 Å². The second-order valence-electron chi connectivity index (χ2n) is 4.12. The molecule has 5 nitrogen and oxygen atoms in total. The molecule has 0 radical (unpaired) electrons. The molecule has 0 amide bonds. The first-order chi connectivity index (χ1) is 10.1. The molecule has 6 heteroatoms. The Bertz CT molecular complexity index is 628. The number of aromatic nitrogens is 2. The fourth-order valence-corrected chi connectivity index (χ4v) is 1.95. The molecule has 2 heterocycles. The molecule has 1 atom stereocenters. The summed E-state index contributed by atoms with van der Waals surface area (Å²) >= 11 is 0. The van der Waals surface area contributed by atoms with E-state index in [1.54, 1.807) is 18.3 Å². The number of nitrogens with two attached hydrogens (primary N) is 1. The van der Waals surface area contributed by atoms with Gasteiger partial charge in [-0.15, -0.1) is 0 Å². The zero-order valence-electron chi connectivity index (χ0n) is 12.4. The van der Waals surface area contributed by atoms with Crippen molar-refractivity contribution in [1.29, 1.82) is 0 Å². The van der Waals surface area contributed by atoms with Crippen molar-refractivity contribution in [2.75, 3.05) is 19.5 Å². The number of nitrogen functional groups attached to an aromatic ring is 1. The minimum atomic E-state index is -0.502. The fraction of sp³-hybridized carbons (Fsp3) is 0.333. The molecule has 0 aliphatic heterocycles. The van der Waals surface area contributed by atoms with E-state index in [0.717, 1.165) is 11.8 Å². The van der Waals surface area contributed by atoms with Crippen LogP contribution < -0.4 is 11.3 Å². The number of halogens is 1. The van der Waals surface area contributed by atoms with Gasteiger partial charge in [-0.05, 0) is 23.8 Å². The van der Waals surface area contributed by atoms with Gasteiger partial charge in [0.15, 0.2) is 0 Å². The average Bonchev–Trinajstić information content (AvgIpc) is 2.49. The standard InChI is InChI=1S/C13H14FN3O2.C2H6/c1-19-7-11(8-2-3-16-12(15)4-8)10-5-9(14)6-17-13(10)18;1-2/h2-6,11H,7H2,1H3,(H2,15,16)(H,17,18);1-2H3. The Morgan fingerprint density at radius 1 is 1.43 bits per heavy atom. The summed E-state index contributed by atoms with van der Waals surface area (Å²) < 4.78 is 18.4. The number of ether oxygens (including phenoxy) is 1. The molecule has 3 N–H and O–H groups in total. The van der Waals surface area contributed by atoms with Crippen molar-refractivity contribution in [1.82, 2.24) is 9.97 Å². The Balaban J connectivity index is 0.00000106. The second kappa shape index (κ2) is 8.16. The maximum absolute atomic E-state index is 13.3. The number of nitrogens with zero attached hydrogens (tertiary/aromatic N) is 1. The van der Waals surface area contributed by atoms with E-state index in [2.05, 4.69) is 9.97 Å². The number of anilines is 1. The van der Waals surface area contributed by atoms with Gasteiger partial charge in [-0.2, -0.15) is 0 Å². The summed E-state index contributed by atoms with van der Waals surface area (Å²) in [4.78, 5) is 18.1. The first-order valence-electron chi connectivity index (χ1n) is 6.70. The van der Waals surface area contributed by atoms with Gasteiger partial charge in [-0.3, -0.25) is 4.79 Å². The number of rotatable bonds is 4. The van der Waals surface area contributed by atoms with E-state index >= 15 is 0 Å². The first kappa shape index (κ1) is 16.8. The van der Waals surface area contributed by atoms with Crippen molar-refractivity contribution in [2.24, 2.45) is 0 Å². The molecule has 2 aromatic rings. The number of pyridine rings is 2. The highest BCUT2D eigenvalue weighted by molar-refractivity contribution is 5.38. The minimum absolute atomic E-state index is 0.246. The molecule has 0 spiro atoms. The highest BCUT2D eigenvalue weighted by Crippen LogP contribution is 2.23. The molecule has 21 heavy (non-hydrogen) atoms. The number of nitrogens with one attached hydrogen (secondary N) is 1. The Labute approximate surface area is 123 Å². The van der Waals surface area contributed by atoms with E-state index < -0.39 is 11.7 Å². The summed E-state index contributed by atoms with van der Waals surface area (Å²) in [5.74, 6) is -0.557. The Morgan fingerprint density at radius 3 is 2.76 bits per heavy atom.